The van der Waals surface area contributed by atoms with E-state index >= 15 is 0 Å². The highest BCUT2D eigenvalue weighted by molar-refractivity contribution is 8.00. The number of anilines is 1. The van der Waals surface area contributed by atoms with Gasteiger partial charge in [0.2, 0.25) is 5.91 Å². The Balaban J connectivity index is 2.19. The fourth-order valence-electron chi connectivity index (χ4n) is 2.10. The van der Waals surface area contributed by atoms with Gasteiger partial charge in [-0.25, -0.2) is 0 Å². The van der Waals surface area contributed by atoms with E-state index in [2.05, 4.69) is 5.32 Å². The number of halogens is 3. The summed E-state index contributed by atoms with van der Waals surface area (Å²) in [5.41, 5.74) is -1.42. The zero-order valence-corrected chi connectivity index (χ0v) is 14.6. The van der Waals surface area contributed by atoms with Gasteiger partial charge in [-0.1, -0.05) is 17.7 Å². The number of nitro groups is 1. The summed E-state index contributed by atoms with van der Waals surface area (Å²) in [6.45, 7) is 3.48. The predicted molar refractivity (Wildman–Crippen MR) is 93.2 cm³/mol. The molecule has 0 aromatic heterocycles. The van der Waals surface area contributed by atoms with Crippen LogP contribution in [0.1, 0.15) is 18.1 Å². The fraction of sp³-hybridized carbons (Fsp3) is 0.235. The van der Waals surface area contributed by atoms with Gasteiger partial charge < -0.3 is 5.32 Å². The van der Waals surface area contributed by atoms with E-state index in [9.17, 15) is 28.1 Å². The van der Waals surface area contributed by atoms with Crippen molar-refractivity contribution in [2.45, 2.75) is 30.2 Å². The Hall–Kier alpha value is -2.55. The molecule has 1 N–H and O–H groups in total. The summed E-state index contributed by atoms with van der Waals surface area (Å²) in [6.07, 6.45) is -4.83. The number of carbonyl (C=O) groups is 1. The normalized spacial score (nSPS) is 12.5. The Morgan fingerprint density at radius 3 is 2.35 bits per heavy atom. The standard InChI is InChI=1S/C17H15F3N2O3S/c1-10-3-6-13(7-4-10)26-11(2)16(23)21-15-8-5-12(22(24)25)9-14(15)17(18,19)20/h3-9,11H,1-2H3,(H,21,23)/t11-/m1/s1. The summed E-state index contributed by atoms with van der Waals surface area (Å²) in [6, 6.07) is 9.59. The van der Waals surface area contributed by atoms with Crippen molar-refractivity contribution in [3.63, 3.8) is 0 Å². The van der Waals surface area contributed by atoms with Crippen LogP contribution in [0.25, 0.3) is 0 Å². The molecule has 0 radical (unpaired) electrons. The summed E-state index contributed by atoms with van der Waals surface area (Å²) < 4.78 is 39.4. The second-order valence-electron chi connectivity index (χ2n) is 5.55. The highest BCUT2D eigenvalue weighted by atomic mass is 32.2. The third kappa shape index (κ3) is 4.98. The molecule has 1 atom stereocenters. The Labute approximate surface area is 151 Å². The van der Waals surface area contributed by atoms with Crippen LogP contribution >= 0.6 is 11.8 Å². The number of alkyl halides is 3. The Bertz CT molecular complexity index is 823. The van der Waals surface area contributed by atoms with Gasteiger partial charge in [0.15, 0.2) is 0 Å². The maximum atomic E-state index is 13.1. The molecule has 0 aliphatic carbocycles. The third-order valence-electron chi connectivity index (χ3n) is 3.48. The van der Waals surface area contributed by atoms with Crippen molar-refractivity contribution in [3.8, 4) is 0 Å². The van der Waals surface area contributed by atoms with Crippen LogP contribution < -0.4 is 5.32 Å². The van der Waals surface area contributed by atoms with Gasteiger partial charge in [0, 0.05) is 17.0 Å². The molecule has 0 spiro atoms. The van der Waals surface area contributed by atoms with Crippen LogP contribution in [0.4, 0.5) is 24.5 Å². The van der Waals surface area contributed by atoms with E-state index in [4.69, 9.17) is 0 Å². The topological polar surface area (TPSA) is 72.2 Å². The van der Waals surface area contributed by atoms with Crippen LogP contribution in [0.3, 0.4) is 0 Å². The number of aryl methyl sites for hydroxylation is 1. The minimum atomic E-state index is -4.83. The molecule has 0 saturated heterocycles. The minimum absolute atomic E-state index is 0.410. The van der Waals surface area contributed by atoms with E-state index in [1.807, 2.05) is 31.2 Å². The number of benzene rings is 2. The van der Waals surface area contributed by atoms with Crippen molar-refractivity contribution >= 4 is 29.0 Å². The smallest absolute Gasteiger partial charge is 0.325 e. The van der Waals surface area contributed by atoms with E-state index in [0.717, 1.165) is 22.6 Å². The van der Waals surface area contributed by atoms with Gasteiger partial charge in [0.1, 0.15) is 0 Å². The minimum Gasteiger partial charge on any atom is -0.325 e. The average Bonchev–Trinajstić information content (AvgIpc) is 2.56. The van der Waals surface area contributed by atoms with E-state index in [1.54, 1.807) is 6.92 Å². The maximum Gasteiger partial charge on any atom is 0.418 e. The van der Waals surface area contributed by atoms with E-state index < -0.39 is 39.2 Å². The number of carbonyl (C=O) groups excluding carboxylic acids is 1. The van der Waals surface area contributed by atoms with Crippen molar-refractivity contribution in [1.29, 1.82) is 0 Å². The van der Waals surface area contributed by atoms with Gasteiger partial charge in [-0.05, 0) is 32.0 Å². The molecule has 0 aliphatic heterocycles. The highest BCUT2D eigenvalue weighted by Gasteiger charge is 2.36. The predicted octanol–water partition coefficient (Wildman–Crippen LogP) is 5.04. The number of hydrogen-bond donors (Lipinski definition) is 1. The molecular weight excluding hydrogens is 369 g/mol. The van der Waals surface area contributed by atoms with Crippen LogP contribution in [-0.2, 0) is 11.0 Å². The molecule has 0 unspecified atom stereocenters. The zero-order chi connectivity index (χ0) is 19.5. The molecular formula is C17H15F3N2O3S. The first kappa shape index (κ1) is 19.8. The van der Waals surface area contributed by atoms with Gasteiger partial charge in [-0.15, -0.1) is 11.8 Å². The number of rotatable bonds is 5. The second kappa shape index (κ2) is 7.77. The zero-order valence-electron chi connectivity index (χ0n) is 13.8. The molecule has 0 saturated carbocycles. The van der Waals surface area contributed by atoms with Gasteiger partial charge in [0.25, 0.3) is 5.69 Å². The number of hydrogen-bond acceptors (Lipinski definition) is 4. The Morgan fingerprint density at radius 1 is 1.19 bits per heavy atom. The lowest BCUT2D eigenvalue weighted by Crippen LogP contribution is -2.24. The van der Waals surface area contributed by atoms with Crippen LogP contribution in [0.15, 0.2) is 47.4 Å². The van der Waals surface area contributed by atoms with Crippen molar-refractivity contribution in [1.82, 2.24) is 0 Å². The molecule has 2 rings (SSSR count). The molecule has 0 bridgehead atoms. The summed E-state index contributed by atoms with van der Waals surface area (Å²) in [7, 11) is 0. The number of thioether (sulfide) groups is 1. The molecule has 2 aromatic carbocycles. The van der Waals surface area contributed by atoms with Crippen LogP contribution in [0.5, 0.6) is 0 Å². The Morgan fingerprint density at radius 2 is 1.81 bits per heavy atom. The summed E-state index contributed by atoms with van der Waals surface area (Å²) in [4.78, 5) is 22.8. The molecule has 26 heavy (non-hydrogen) atoms. The molecule has 9 heteroatoms. The molecule has 138 valence electrons. The number of amides is 1. The van der Waals surface area contributed by atoms with Crippen molar-refractivity contribution in [2.24, 2.45) is 0 Å². The van der Waals surface area contributed by atoms with Crippen molar-refractivity contribution in [2.75, 3.05) is 5.32 Å². The lowest BCUT2D eigenvalue weighted by molar-refractivity contribution is -0.385. The molecule has 0 heterocycles. The largest absolute Gasteiger partial charge is 0.418 e. The number of nitrogens with zero attached hydrogens (tertiary/aromatic N) is 1. The van der Waals surface area contributed by atoms with Crippen molar-refractivity contribution < 1.29 is 22.9 Å². The van der Waals surface area contributed by atoms with Crippen LogP contribution in [0.2, 0.25) is 0 Å². The molecule has 0 fully saturated rings. The lowest BCUT2D eigenvalue weighted by atomic mass is 10.1. The summed E-state index contributed by atoms with van der Waals surface area (Å²) in [5.74, 6) is -0.630. The molecule has 5 nitrogen and oxygen atoms in total. The average molecular weight is 384 g/mol. The highest BCUT2D eigenvalue weighted by Crippen LogP contribution is 2.37. The van der Waals surface area contributed by atoms with Crippen LogP contribution in [0, 0.1) is 17.0 Å². The number of nitro benzene ring substituents is 1. The number of nitrogens with one attached hydrogen (secondary N) is 1. The first-order valence-corrected chi connectivity index (χ1v) is 8.35. The second-order valence-corrected chi connectivity index (χ2v) is 6.96. The third-order valence-corrected chi connectivity index (χ3v) is 4.59. The molecule has 1 amide bonds. The van der Waals surface area contributed by atoms with Gasteiger partial charge in [-0.2, -0.15) is 13.2 Å². The van der Waals surface area contributed by atoms with Crippen LogP contribution in [-0.4, -0.2) is 16.1 Å². The lowest BCUT2D eigenvalue weighted by Gasteiger charge is -2.16. The van der Waals surface area contributed by atoms with Gasteiger partial charge in [-0.3, -0.25) is 14.9 Å². The first-order chi connectivity index (χ1) is 12.1. The monoisotopic (exact) mass is 384 g/mol. The Kier molecular flexibility index (Phi) is 5.91. The van der Waals surface area contributed by atoms with Crippen molar-refractivity contribution in [3.05, 3.63) is 63.7 Å². The maximum absolute atomic E-state index is 13.1. The van der Waals surface area contributed by atoms with Gasteiger partial charge >= 0.3 is 6.18 Å². The van der Waals surface area contributed by atoms with Gasteiger partial charge in [0.05, 0.1) is 21.4 Å². The fourth-order valence-corrected chi connectivity index (χ4v) is 2.97. The SMILES string of the molecule is Cc1ccc(S[C@H](C)C(=O)Nc2ccc([N+](=O)[O-])cc2C(F)(F)F)cc1. The summed E-state index contributed by atoms with van der Waals surface area (Å²) >= 11 is 1.20. The first-order valence-electron chi connectivity index (χ1n) is 7.48. The van der Waals surface area contributed by atoms with E-state index in [1.165, 1.54) is 11.8 Å². The molecule has 2 aromatic rings. The molecule has 0 aliphatic rings. The van der Waals surface area contributed by atoms with E-state index in [0.29, 0.717) is 6.07 Å². The number of non-ortho nitro benzene ring substituents is 1. The summed E-state index contributed by atoms with van der Waals surface area (Å²) in [5, 5.41) is 12.3. The quantitative estimate of drug-likeness (QED) is 0.445. The van der Waals surface area contributed by atoms with E-state index in [-0.39, 0.29) is 0 Å².